The zero-order valence-electron chi connectivity index (χ0n) is 10.3. The summed E-state index contributed by atoms with van der Waals surface area (Å²) in [6, 6.07) is 2.21. The fourth-order valence-corrected chi connectivity index (χ4v) is 2.56. The van der Waals surface area contributed by atoms with Gasteiger partial charge in [-0.05, 0) is 30.7 Å². The third-order valence-corrected chi connectivity index (χ3v) is 3.96. The molecule has 4 nitrogen and oxygen atoms in total. The molecular weight excluding hydrogens is 218 g/mol. The average molecular weight is 237 g/mol. The Labute approximate surface area is 101 Å². The van der Waals surface area contributed by atoms with Crippen molar-refractivity contribution in [2.45, 2.75) is 39.3 Å². The first-order valence-electron chi connectivity index (χ1n) is 6.12. The summed E-state index contributed by atoms with van der Waals surface area (Å²) >= 11 is 0. The summed E-state index contributed by atoms with van der Waals surface area (Å²) in [5, 5.41) is 12.4. The van der Waals surface area contributed by atoms with Crippen LogP contribution in [0.2, 0.25) is 0 Å². The zero-order valence-corrected chi connectivity index (χ0v) is 10.3. The Balaban J connectivity index is 1.94. The molecule has 4 heteroatoms. The van der Waals surface area contributed by atoms with Gasteiger partial charge in [-0.15, -0.1) is 0 Å². The average Bonchev–Trinajstić information content (AvgIpc) is 2.86. The topological polar surface area (TPSA) is 62.5 Å². The van der Waals surface area contributed by atoms with Crippen molar-refractivity contribution in [2.24, 2.45) is 11.8 Å². The molecule has 1 aliphatic carbocycles. The van der Waals surface area contributed by atoms with Gasteiger partial charge >= 0.3 is 5.97 Å². The summed E-state index contributed by atoms with van der Waals surface area (Å²) in [5.41, 5.74) is 0.726. The third-order valence-electron chi connectivity index (χ3n) is 3.96. The van der Waals surface area contributed by atoms with Crippen LogP contribution in [0.3, 0.4) is 0 Å². The highest BCUT2D eigenvalue weighted by Crippen LogP contribution is 2.31. The summed E-state index contributed by atoms with van der Waals surface area (Å²) in [6.07, 6.45) is 3.85. The monoisotopic (exact) mass is 237 g/mol. The van der Waals surface area contributed by atoms with Crippen LogP contribution < -0.4 is 5.32 Å². The lowest BCUT2D eigenvalue weighted by molar-refractivity contribution is 0.0660. The molecule has 1 fully saturated rings. The molecule has 0 bridgehead atoms. The molecule has 0 radical (unpaired) electrons. The molecule has 1 aromatic rings. The van der Waals surface area contributed by atoms with E-state index in [2.05, 4.69) is 19.2 Å². The van der Waals surface area contributed by atoms with Crippen molar-refractivity contribution in [1.29, 1.82) is 0 Å². The second-order valence-electron chi connectivity index (χ2n) is 4.98. The van der Waals surface area contributed by atoms with Crippen LogP contribution in [0.25, 0.3) is 0 Å². The van der Waals surface area contributed by atoms with Crippen molar-refractivity contribution in [3.8, 4) is 0 Å². The van der Waals surface area contributed by atoms with Crippen LogP contribution in [0, 0.1) is 11.8 Å². The molecule has 1 heterocycles. The lowest BCUT2D eigenvalue weighted by Crippen LogP contribution is -2.32. The Morgan fingerprint density at radius 3 is 2.88 bits per heavy atom. The molecule has 0 spiro atoms. The van der Waals surface area contributed by atoms with E-state index >= 15 is 0 Å². The van der Waals surface area contributed by atoms with E-state index in [-0.39, 0.29) is 5.76 Å². The minimum atomic E-state index is -1.00. The highest BCUT2D eigenvalue weighted by atomic mass is 16.4. The highest BCUT2D eigenvalue weighted by molar-refractivity contribution is 5.86. The second kappa shape index (κ2) is 4.92. The lowest BCUT2D eigenvalue weighted by atomic mass is 9.98. The van der Waals surface area contributed by atoms with Crippen molar-refractivity contribution in [3.63, 3.8) is 0 Å². The molecule has 0 aromatic carbocycles. The van der Waals surface area contributed by atoms with Gasteiger partial charge in [0, 0.05) is 18.2 Å². The maximum atomic E-state index is 10.9. The third kappa shape index (κ3) is 2.52. The van der Waals surface area contributed by atoms with E-state index in [0.717, 1.165) is 11.5 Å². The lowest BCUT2D eigenvalue weighted by Gasteiger charge is -2.19. The van der Waals surface area contributed by atoms with Gasteiger partial charge in [0.05, 0.1) is 6.26 Å². The van der Waals surface area contributed by atoms with E-state index in [1.807, 2.05) is 0 Å². The summed E-state index contributed by atoms with van der Waals surface area (Å²) in [7, 11) is 0. The first-order valence-corrected chi connectivity index (χ1v) is 6.12. The molecule has 94 valence electrons. The van der Waals surface area contributed by atoms with Gasteiger partial charge in [-0.1, -0.05) is 13.8 Å². The molecule has 0 aliphatic heterocycles. The van der Waals surface area contributed by atoms with Crippen LogP contribution >= 0.6 is 0 Å². The Hall–Kier alpha value is -1.29. The Kier molecular flexibility index (Phi) is 3.52. The number of carboxylic acids is 1. The van der Waals surface area contributed by atoms with E-state index in [1.165, 1.54) is 19.1 Å². The van der Waals surface area contributed by atoms with E-state index in [0.29, 0.717) is 18.5 Å². The van der Waals surface area contributed by atoms with E-state index in [9.17, 15) is 4.79 Å². The summed E-state index contributed by atoms with van der Waals surface area (Å²) < 4.78 is 4.95. The predicted octanol–water partition coefficient (Wildman–Crippen LogP) is 2.50. The van der Waals surface area contributed by atoms with Crippen molar-refractivity contribution in [2.75, 3.05) is 0 Å². The van der Waals surface area contributed by atoms with Crippen molar-refractivity contribution in [3.05, 3.63) is 23.7 Å². The maximum Gasteiger partial charge on any atom is 0.372 e. The number of aromatic carboxylic acids is 1. The fraction of sp³-hybridized carbons (Fsp3) is 0.615. The van der Waals surface area contributed by atoms with Crippen molar-refractivity contribution < 1.29 is 14.3 Å². The van der Waals surface area contributed by atoms with Gasteiger partial charge in [-0.2, -0.15) is 0 Å². The van der Waals surface area contributed by atoms with Crippen LogP contribution in [0.5, 0.6) is 0 Å². The standard InChI is InChI=1S/C13H19NO3/c1-8-3-4-11(9(8)2)14-7-10-5-6-17-12(10)13(15)16/h5-6,8-9,11,14H,3-4,7H2,1-2H3,(H,15,16). The quantitative estimate of drug-likeness (QED) is 0.844. The van der Waals surface area contributed by atoms with Gasteiger partial charge in [-0.25, -0.2) is 4.79 Å². The van der Waals surface area contributed by atoms with E-state index < -0.39 is 5.97 Å². The molecule has 1 aliphatic rings. The SMILES string of the molecule is CC1CCC(NCc2ccoc2C(=O)O)C1C. The van der Waals surface area contributed by atoms with Crippen LogP contribution in [0.15, 0.2) is 16.7 Å². The van der Waals surface area contributed by atoms with Gasteiger partial charge in [0.25, 0.3) is 0 Å². The minimum absolute atomic E-state index is 0.0520. The van der Waals surface area contributed by atoms with Crippen LogP contribution in [0.1, 0.15) is 42.8 Å². The van der Waals surface area contributed by atoms with Gasteiger partial charge < -0.3 is 14.8 Å². The molecule has 1 aromatic heterocycles. The Morgan fingerprint density at radius 2 is 2.29 bits per heavy atom. The van der Waals surface area contributed by atoms with E-state index in [4.69, 9.17) is 9.52 Å². The summed E-state index contributed by atoms with van der Waals surface area (Å²) in [6.45, 7) is 5.09. The van der Waals surface area contributed by atoms with Crippen LogP contribution in [0.4, 0.5) is 0 Å². The van der Waals surface area contributed by atoms with Gasteiger partial charge in [0.15, 0.2) is 0 Å². The molecule has 0 amide bonds. The minimum Gasteiger partial charge on any atom is -0.475 e. The maximum absolute atomic E-state index is 10.9. The molecule has 2 rings (SSSR count). The van der Waals surface area contributed by atoms with Gasteiger partial charge in [0.1, 0.15) is 0 Å². The largest absolute Gasteiger partial charge is 0.475 e. The highest BCUT2D eigenvalue weighted by Gasteiger charge is 2.29. The first kappa shape index (κ1) is 12.2. The normalized spacial score (nSPS) is 28.5. The van der Waals surface area contributed by atoms with Crippen LogP contribution in [-0.2, 0) is 6.54 Å². The van der Waals surface area contributed by atoms with E-state index in [1.54, 1.807) is 6.07 Å². The Bertz CT molecular complexity index is 399. The number of carboxylic acid groups (broad SMARTS) is 1. The number of furan rings is 1. The molecule has 1 saturated carbocycles. The van der Waals surface area contributed by atoms with Gasteiger partial charge in [-0.3, -0.25) is 0 Å². The van der Waals surface area contributed by atoms with Crippen molar-refractivity contribution >= 4 is 5.97 Å². The Morgan fingerprint density at radius 1 is 1.53 bits per heavy atom. The van der Waals surface area contributed by atoms with Gasteiger partial charge in [0.2, 0.25) is 5.76 Å². The fourth-order valence-electron chi connectivity index (χ4n) is 2.56. The first-order chi connectivity index (χ1) is 8.09. The van der Waals surface area contributed by atoms with Crippen molar-refractivity contribution in [1.82, 2.24) is 5.32 Å². The second-order valence-corrected chi connectivity index (χ2v) is 4.98. The molecule has 3 atom stereocenters. The predicted molar refractivity (Wildman–Crippen MR) is 63.9 cm³/mol. The zero-order chi connectivity index (χ0) is 12.4. The number of hydrogen-bond donors (Lipinski definition) is 2. The molecule has 17 heavy (non-hydrogen) atoms. The number of hydrogen-bond acceptors (Lipinski definition) is 3. The number of nitrogens with one attached hydrogen (secondary N) is 1. The molecule has 0 saturated heterocycles. The molecule has 2 N–H and O–H groups in total. The molecular formula is C13H19NO3. The van der Waals surface area contributed by atoms with Crippen LogP contribution in [-0.4, -0.2) is 17.1 Å². The number of rotatable bonds is 4. The summed E-state index contributed by atoms with van der Waals surface area (Å²) in [4.78, 5) is 10.9. The smallest absolute Gasteiger partial charge is 0.372 e. The molecule has 3 unspecified atom stereocenters. The summed E-state index contributed by atoms with van der Waals surface area (Å²) in [5.74, 6) is 0.446. The number of carbonyl (C=O) groups is 1.